The molecule has 0 aliphatic heterocycles. The van der Waals surface area contributed by atoms with Gasteiger partial charge in [-0.3, -0.25) is 4.98 Å². The minimum Gasteiger partial charge on any atom is -0.356 e. The summed E-state index contributed by atoms with van der Waals surface area (Å²) in [6.45, 7) is 2.03. The highest BCUT2D eigenvalue weighted by Gasteiger charge is 2.08. The second kappa shape index (κ2) is 7.02. The molecular weight excluding hydrogens is 358 g/mol. The number of aromatic nitrogens is 1. The molecule has 2 aromatic rings. The van der Waals surface area contributed by atoms with E-state index in [1.54, 1.807) is 12.4 Å². The van der Waals surface area contributed by atoms with Gasteiger partial charge in [-0.15, -0.1) is 0 Å². The van der Waals surface area contributed by atoms with Gasteiger partial charge in [0.05, 0.1) is 16.8 Å². The van der Waals surface area contributed by atoms with Gasteiger partial charge in [-0.25, -0.2) is 0 Å². The first kappa shape index (κ1) is 15.2. The van der Waals surface area contributed by atoms with Gasteiger partial charge in [0.2, 0.25) is 0 Å². The maximum absolute atomic E-state index is 6.14. The van der Waals surface area contributed by atoms with E-state index in [0.717, 1.165) is 15.7 Å². The number of rotatable bonds is 3. The van der Waals surface area contributed by atoms with Crippen molar-refractivity contribution < 1.29 is 0 Å². The molecule has 0 radical (unpaired) electrons. The summed E-state index contributed by atoms with van der Waals surface area (Å²) in [6, 6.07) is 9.59. The molecule has 1 heterocycles. The third-order valence-corrected chi connectivity index (χ3v) is 3.76. The molecule has 0 fully saturated rings. The van der Waals surface area contributed by atoms with E-state index >= 15 is 0 Å². The van der Waals surface area contributed by atoms with Gasteiger partial charge in [-0.2, -0.15) is 0 Å². The van der Waals surface area contributed by atoms with Crippen LogP contribution in [-0.2, 0) is 0 Å². The predicted octanol–water partition coefficient (Wildman–Crippen LogP) is 4.55. The van der Waals surface area contributed by atoms with Gasteiger partial charge < -0.3 is 10.6 Å². The standard InChI is InChI=1S/C14H13BrClN3S/c1-9(10-4-6-17-7-5-10)18-14(20)19-13-3-2-11(15)8-12(13)16/h2-9H,1H3,(H2,18,19,20). The summed E-state index contributed by atoms with van der Waals surface area (Å²) in [5.41, 5.74) is 1.89. The smallest absolute Gasteiger partial charge is 0.171 e. The fourth-order valence-corrected chi connectivity index (χ4v) is 2.69. The fraction of sp³-hybridized carbons (Fsp3) is 0.143. The topological polar surface area (TPSA) is 37.0 Å². The molecule has 6 heteroatoms. The van der Waals surface area contributed by atoms with Crippen LogP contribution in [-0.4, -0.2) is 10.1 Å². The molecule has 0 bridgehead atoms. The van der Waals surface area contributed by atoms with Gasteiger partial charge in [0.15, 0.2) is 5.11 Å². The molecule has 0 spiro atoms. The Bertz CT molecular complexity index is 607. The average Bonchev–Trinajstić information content (AvgIpc) is 2.43. The van der Waals surface area contributed by atoms with Crippen LogP contribution in [0.4, 0.5) is 5.69 Å². The summed E-state index contributed by atoms with van der Waals surface area (Å²) in [5.74, 6) is 0. The lowest BCUT2D eigenvalue weighted by Crippen LogP contribution is -2.31. The highest BCUT2D eigenvalue weighted by atomic mass is 79.9. The maximum atomic E-state index is 6.14. The first-order chi connectivity index (χ1) is 9.56. The third-order valence-electron chi connectivity index (χ3n) is 2.73. The third kappa shape index (κ3) is 4.16. The molecule has 1 atom stereocenters. The Morgan fingerprint density at radius 3 is 2.65 bits per heavy atom. The van der Waals surface area contributed by atoms with Crippen molar-refractivity contribution in [1.82, 2.24) is 10.3 Å². The lowest BCUT2D eigenvalue weighted by molar-refractivity contribution is 0.721. The summed E-state index contributed by atoms with van der Waals surface area (Å²) in [4.78, 5) is 4.00. The van der Waals surface area contributed by atoms with Crippen molar-refractivity contribution in [3.05, 3.63) is 57.8 Å². The van der Waals surface area contributed by atoms with Crippen LogP contribution in [0.5, 0.6) is 0 Å². The summed E-state index contributed by atoms with van der Waals surface area (Å²) in [5, 5.41) is 7.44. The van der Waals surface area contributed by atoms with Crippen LogP contribution >= 0.6 is 39.7 Å². The molecule has 0 amide bonds. The number of nitrogens with one attached hydrogen (secondary N) is 2. The summed E-state index contributed by atoms with van der Waals surface area (Å²) >= 11 is 14.8. The Labute approximate surface area is 136 Å². The number of thiocarbonyl (C=S) groups is 1. The van der Waals surface area contributed by atoms with Crippen molar-refractivity contribution in [3.8, 4) is 0 Å². The number of pyridine rings is 1. The van der Waals surface area contributed by atoms with Gasteiger partial charge in [-0.05, 0) is 55.0 Å². The quantitative estimate of drug-likeness (QED) is 0.778. The Hall–Kier alpha value is -1.17. The predicted molar refractivity (Wildman–Crippen MR) is 91.2 cm³/mol. The molecule has 3 nitrogen and oxygen atoms in total. The average molecular weight is 371 g/mol. The molecule has 1 aromatic carbocycles. The largest absolute Gasteiger partial charge is 0.356 e. The van der Waals surface area contributed by atoms with Crippen molar-refractivity contribution in [1.29, 1.82) is 0 Å². The molecule has 2 rings (SSSR count). The molecule has 2 N–H and O–H groups in total. The van der Waals surface area contributed by atoms with Gasteiger partial charge in [0.25, 0.3) is 0 Å². The number of nitrogens with zero attached hydrogens (tertiary/aromatic N) is 1. The monoisotopic (exact) mass is 369 g/mol. The SMILES string of the molecule is CC(NC(=S)Nc1ccc(Br)cc1Cl)c1ccncc1. The zero-order valence-electron chi connectivity index (χ0n) is 10.7. The first-order valence-corrected chi connectivity index (χ1v) is 7.56. The van der Waals surface area contributed by atoms with Crippen LogP contribution in [0.25, 0.3) is 0 Å². The fourth-order valence-electron chi connectivity index (χ4n) is 1.68. The molecule has 0 aliphatic rings. The van der Waals surface area contributed by atoms with Crippen LogP contribution in [0.3, 0.4) is 0 Å². The summed E-state index contributed by atoms with van der Waals surface area (Å²) in [7, 11) is 0. The van der Waals surface area contributed by atoms with Crippen LogP contribution in [0.15, 0.2) is 47.2 Å². The summed E-state index contributed by atoms with van der Waals surface area (Å²) in [6.07, 6.45) is 3.52. The Balaban J connectivity index is 1.99. The molecular formula is C14H13BrClN3S. The highest BCUT2D eigenvalue weighted by molar-refractivity contribution is 9.10. The molecule has 0 aliphatic carbocycles. The van der Waals surface area contributed by atoms with E-state index in [9.17, 15) is 0 Å². The number of halogens is 2. The number of benzene rings is 1. The Kier molecular flexibility index (Phi) is 5.34. The first-order valence-electron chi connectivity index (χ1n) is 5.99. The molecule has 0 saturated heterocycles. The van der Waals surface area contributed by atoms with Gasteiger partial charge in [-0.1, -0.05) is 27.5 Å². The van der Waals surface area contributed by atoms with Crippen LogP contribution in [0.2, 0.25) is 5.02 Å². The second-order valence-corrected chi connectivity index (χ2v) is 5.96. The number of hydrogen-bond acceptors (Lipinski definition) is 2. The highest BCUT2D eigenvalue weighted by Crippen LogP contribution is 2.25. The van der Waals surface area contributed by atoms with E-state index in [1.807, 2.05) is 37.3 Å². The maximum Gasteiger partial charge on any atom is 0.171 e. The van der Waals surface area contributed by atoms with Gasteiger partial charge >= 0.3 is 0 Å². The van der Waals surface area contributed by atoms with Crippen LogP contribution < -0.4 is 10.6 Å². The van der Waals surface area contributed by atoms with Crippen molar-refractivity contribution in [2.24, 2.45) is 0 Å². The van der Waals surface area contributed by atoms with E-state index in [1.165, 1.54) is 0 Å². The van der Waals surface area contributed by atoms with Gasteiger partial charge in [0, 0.05) is 16.9 Å². The van der Waals surface area contributed by atoms with Crippen molar-refractivity contribution in [2.75, 3.05) is 5.32 Å². The number of anilines is 1. The lowest BCUT2D eigenvalue weighted by Gasteiger charge is -2.17. The van der Waals surface area contributed by atoms with Crippen LogP contribution in [0, 0.1) is 0 Å². The second-order valence-electron chi connectivity index (χ2n) is 4.22. The zero-order chi connectivity index (χ0) is 14.5. The minimum atomic E-state index is 0.0900. The Morgan fingerprint density at radius 1 is 1.30 bits per heavy atom. The number of hydrogen-bond donors (Lipinski definition) is 2. The molecule has 0 saturated carbocycles. The van der Waals surface area contributed by atoms with Gasteiger partial charge in [0.1, 0.15) is 0 Å². The van der Waals surface area contributed by atoms with Crippen molar-refractivity contribution in [3.63, 3.8) is 0 Å². The van der Waals surface area contributed by atoms with E-state index in [-0.39, 0.29) is 6.04 Å². The van der Waals surface area contributed by atoms with E-state index in [2.05, 4.69) is 31.5 Å². The van der Waals surface area contributed by atoms with E-state index in [4.69, 9.17) is 23.8 Å². The lowest BCUT2D eigenvalue weighted by atomic mass is 10.1. The van der Waals surface area contributed by atoms with E-state index in [0.29, 0.717) is 10.1 Å². The zero-order valence-corrected chi connectivity index (χ0v) is 13.9. The van der Waals surface area contributed by atoms with Crippen LogP contribution in [0.1, 0.15) is 18.5 Å². The molecule has 1 unspecified atom stereocenters. The van der Waals surface area contributed by atoms with Crippen molar-refractivity contribution >= 4 is 50.5 Å². The normalized spacial score (nSPS) is 11.8. The van der Waals surface area contributed by atoms with Crippen molar-refractivity contribution in [2.45, 2.75) is 13.0 Å². The van der Waals surface area contributed by atoms with E-state index < -0.39 is 0 Å². The molecule has 104 valence electrons. The molecule has 1 aromatic heterocycles. The Morgan fingerprint density at radius 2 is 2.00 bits per heavy atom. The summed E-state index contributed by atoms with van der Waals surface area (Å²) < 4.78 is 0.928. The minimum absolute atomic E-state index is 0.0900. The molecule has 20 heavy (non-hydrogen) atoms.